The molecule has 0 bridgehead atoms. The monoisotopic (exact) mass is 264 g/mol. The van der Waals surface area contributed by atoms with Crippen molar-refractivity contribution < 1.29 is 19.4 Å². The van der Waals surface area contributed by atoms with Crippen molar-refractivity contribution in [3.8, 4) is 5.75 Å². The number of benzene rings is 1. The Morgan fingerprint density at radius 1 is 1.26 bits per heavy atom. The van der Waals surface area contributed by atoms with Crippen molar-refractivity contribution in [1.82, 2.24) is 5.32 Å². The van der Waals surface area contributed by atoms with Gasteiger partial charge in [-0.25, -0.2) is 4.79 Å². The maximum atomic E-state index is 11.6. The Labute approximate surface area is 110 Å². The number of hydrogen-bond donors (Lipinski definition) is 3. The van der Waals surface area contributed by atoms with Gasteiger partial charge in [-0.05, 0) is 37.1 Å². The fourth-order valence-corrected chi connectivity index (χ4v) is 1.51. The summed E-state index contributed by atoms with van der Waals surface area (Å²) in [6.45, 7) is -0.0705. The van der Waals surface area contributed by atoms with Crippen LogP contribution in [0.3, 0.4) is 0 Å². The minimum atomic E-state index is -1.02. The number of ether oxygens (including phenoxy) is 1. The van der Waals surface area contributed by atoms with Gasteiger partial charge in [0.25, 0.3) is 0 Å². The fourth-order valence-electron chi connectivity index (χ4n) is 1.51. The second-order valence-electron chi connectivity index (χ2n) is 4.41. The molecule has 6 heteroatoms. The number of carbonyl (C=O) groups excluding carboxylic acids is 1. The average molecular weight is 264 g/mol. The van der Waals surface area contributed by atoms with E-state index in [-0.39, 0.29) is 12.5 Å². The Hall–Kier alpha value is -2.08. The van der Waals surface area contributed by atoms with Gasteiger partial charge in [-0.2, -0.15) is 0 Å². The Morgan fingerprint density at radius 2 is 1.95 bits per heavy atom. The minimum Gasteiger partial charge on any atom is -0.482 e. The van der Waals surface area contributed by atoms with Gasteiger partial charge in [-0.15, -0.1) is 0 Å². The van der Waals surface area contributed by atoms with Crippen LogP contribution >= 0.6 is 0 Å². The number of hydrogen-bond acceptors (Lipinski definition) is 4. The molecule has 0 radical (unpaired) electrons. The highest BCUT2D eigenvalue weighted by Gasteiger charge is 2.21. The van der Waals surface area contributed by atoms with E-state index in [1.807, 2.05) is 0 Å². The normalized spacial score (nSPS) is 13.9. The van der Waals surface area contributed by atoms with Gasteiger partial charge in [0.2, 0.25) is 5.91 Å². The number of aliphatic carboxylic acids is 1. The number of nitrogens with one attached hydrogen (secondary N) is 2. The third-order valence-electron chi connectivity index (χ3n) is 2.63. The summed E-state index contributed by atoms with van der Waals surface area (Å²) in [4.78, 5) is 21.9. The largest absolute Gasteiger partial charge is 0.482 e. The quantitative estimate of drug-likeness (QED) is 0.679. The molecule has 6 nitrogen and oxygen atoms in total. The Morgan fingerprint density at radius 3 is 2.53 bits per heavy atom. The third-order valence-corrected chi connectivity index (χ3v) is 2.63. The van der Waals surface area contributed by atoms with Crippen LogP contribution in [0.25, 0.3) is 0 Å². The average Bonchev–Trinajstić information content (AvgIpc) is 3.19. The Kier molecular flexibility index (Phi) is 4.35. The summed E-state index contributed by atoms with van der Waals surface area (Å²) in [5, 5.41) is 14.3. The van der Waals surface area contributed by atoms with Crippen LogP contribution < -0.4 is 15.4 Å². The first-order chi connectivity index (χ1) is 9.13. The minimum absolute atomic E-state index is 0.0916. The van der Waals surface area contributed by atoms with E-state index in [0.29, 0.717) is 24.0 Å². The molecule has 1 amide bonds. The van der Waals surface area contributed by atoms with Gasteiger partial charge in [0.15, 0.2) is 6.61 Å². The van der Waals surface area contributed by atoms with Crippen molar-refractivity contribution in [3.63, 3.8) is 0 Å². The molecule has 3 N–H and O–H groups in total. The molecule has 0 atom stereocenters. The molecule has 0 saturated heterocycles. The molecule has 0 aliphatic heterocycles. The van der Waals surface area contributed by atoms with Crippen LogP contribution in [-0.2, 0) is 9.59 Å². The van der Waals surface area contributed by atoms with Crippen LogP contribution in [0.5, 0.6) is 5.75 Å². The van der Waals surface area contributed by atoms with Crippen LogP contribution in [-0.4, -0.2) is 36.2 Å². The number of anilines is 1. The third kappa shape index (κ3) is 4.97. The molecule has 19 heavy (non-hydrogen) atoms. The molecule has 0 heterocycles. The zero-order valence-corrected chi connectivity index (χ0v) is 10.4. The smallest absolute Gasteiger partial charge is 0.341 e. The molecule has 0 aromatic heterocycles. The zero-order valence-electron chi connectivity index (χ0n) is 10.4. The summed E-state index contributed by atoms with van der Waals surface area (Å²) in [6, 6.07) is 7.08. The summed E-state index contributed by atoms with van der Waals surface area (Å²) in [5.41, 5.74) is 0.658. The van der Waals surface area contributed by atoms with Crippen molar-refractivity contribution in [1.29, 1.82) is 0 Å². The van der Waals surface area contributed by atoms with Crippen molar-refractivity contribution in [3.05, 3.63) is 24.3 Å². The molecule has 0 spiro atoms. The van der Waals surface area contributed by atoms with Crippen LogP contribution in [0.4, 0.5) is 5.69 Å². The molecule has 1 fully saturated rings. The molecule has 102 valence electrons. The van der Waals surface area contributed by atoms with Gasteiger partial charge < -0.3 is 20.5 Å². The first-order valence-corrected chi connectivity index (χ1v) is 6.11. The van der Waals surface area contributed by atoms with Crippen molar-refractivity contribution >= 4 is 17.6 Å². The molecule has 1 aromatic carbocycles. The van der Waals surface area contributed by atoms with Gasteiger partial charge in [-0.1, -0.05) is 0 Å². The molecule has 0 unspecified atom stereocenters. The standard InChI is InChI=1S/C13H16N2O4/c16-12(7-14-9-1-2-9)15-10-3-5-11(6-4-10)19-8-13(17)18/h3-6,9,14H,1-2,7-8H2,(H,15,16)(H,17,18). The lowest BCUT2D eigenvalue weighted by molar-refractivity contribution is -0.139. The van der Waals surface area contributed by atoms with Crippen LogP contribution in [0, 0.1) is 0 Å². The molecular weight excluding hydrogens is 248 g/mol. The van der Waals surface area contributed by atoms with Crippen molar-refractivity contribution in [2.45, 2.75) is 18.9 Å². The second-order valence-corrected chi connectivity index (χ2v) is 4.41. The first kappa shape index (κ1) is 13.4. The number of carboxylic acids is 1. The molecule has 2 rings (SSSR count). The van der Waals surface area contributed by atoms with Crippen LogP contribution in [0.2, 0.25) is 0 Å². The van der Waals surface area contributed by atoms with E-state index in [4.69, 9.17) is 9.84 Å². The lowest BCUT2D eigenvalue weighted by atomic mass is 10.3. The van der Waals surface area contributed by atoms with E-state index in [1.165, 1.54) is 0 Å². The summed E-state index contributed by atoms with van der Waals surface area (Å²) < 4.78 is 4.99. The first-order valence-electron chi connectivity index (χ1n) is 6.11. The number of carbonyl (C=O) groups is 2. The molecule has 1 aliphatic rings. The summed E-state index contributed by atoms with van der Waals surface area (Å²) in [6.07, 6.45) is 2.28. The molecular formula is C13H16N2O4. The van der Waals surface area contributed by atoms with E-state index in [0.717, 1.165) is 12.8 Å². The summed E-state index contributed by atoms with van der Waals surface area (Å²) >= 11 is 0. The highest BCUT2D eigenvalue weighted by atomic mass is 16.5. The van der Waals surface area contributed by atoms with E-state index >= 15 is 0 Å². The Bertz CT molecular complexity index is 454. The fraction of sp³-hybridized carbons (Fsp3) is 0.385. The van der Waals surface area contributed by atoms with E-state index in [2.05, 4.69) is 10.6 Å². The highest BCUT2D eigenvalue weighted by molar-refractivity contribution is 5.92. The maximum Gasteiger partial charge on any atom is 0.341 e. The lowest BCUT2D eigenvalue weighted by Gasteiger charge is -2.07. The van der Waals surface area contributed by atoms with Gasteiger partial charge in [0.05, 0.1) is 6.54 Å². The molecule has 1 aromatic rings. The van der Waals surface area contributed by atoms with E-state index in [9.17, 15) is 9.59 Å². The van der Waals surface area contributed by atoms with Crippen molar-refractivity contribution in [2.75, 3.05) is 18.5 Å². The Balaban J connectivity index is 1.76. The van der Waals surface area contributed by atoms with E-state index < -0.39 is 5.97 Å². The maximum absolute atomic E-state index is 11.6. The number of rotatable bonds is 7. The topological polar surface area (TPSA) is 87.7 Å². The second kappa shape index (κ2) is 6.19. The summed E-state index contributed by atoms with van der Waals surface area (Å²) in [7, 11) is 0. The van der Waals surface area contributed by atoms with Gasteiger partial charge >= 0.3 is 5.97 Å². The highest BCUT2D eigenvalue weighted by Crippen LogP contribution is 2.18. The summed E-state index contributed by atoms with van der Waals surface area (Å²) in [5.74, 6) is -0.661. The molecule has 1 aliphatic carbocycles. The zero-order chi connectivity index (χ0) is 13.7. The van der Waals surface area contributed by atoms with Gasteiger partial charge in [0, 0.05) is 11.7 Å². The van der Waals surface area contributed by atoms with Crippen molar-refractivity contribution in [2.24, 2.45) is 0 Å². The van der Waals surface area contributed by atoms with E-state index in [1.54, 1.807) is 24.3 Å². The van der Waals surface area contributed by atoms with Gasteiger partial charge in [0.1, 0.15) is 5.75 Å². The number of carboxylic acid groups (broad SMARTS) is 1. The molecule has 1 saturated carbocycles. The van der Waals surface area contributed by atoms with Gasteiger partial charge in [-0.3, -0.25) is 4.79 Å². The lowest BCUT2D eigenvalue weighted by Crippen LogP contribution is -2.29. The predicted molar refractivity (Wildman–Crippen MR) is 69.2 cm³/mol. The number of amides is 1. The predicted octanol–water partition coefficient (Wildman–Crippen LogP) is 0.840. The SMILES string of the molecule is O=C(O)COc1ccc(NC(=O)CNC2CC2)cc1. The van der Waals surface area contributed by atoms with Crippen LogP contribution in [0.15, 0.2) is 24.3 Å². The van der Waals surface area contributed by atoms with Crippen LogP contribution in [0.1, 0.15) is 12.8 Å².